The predicted octanol–water partition coefficient (Wildman–Crippen LogP) is 0.107. The summed E-state index contributed by atoms with van der Waals surface area (Å²) in [6.07, 6.45) is 1.91. The Morgan fingerprint density at radius 3 is 2.58 bits per heavy atom. The zero-order valence-corrected chi connectivity index (χ0v) is 15.9. The van der Waals surface area contributed by atoms with Gasteiger partial charge in [0.1, 0.15) is 6.54 Å². The highest BCUT2D eigenvalue weighted by Gasteiger charge is 2.42. The van der Waals surface area contributed by atoms with Crippen molar-refractivity contribution >= 4 is 17.7 Å². The number of hydrogen-bond acceptors (Lipinski definition) is 4. The number of fused-ring (bicyclic) bond motifs is 4. The molecule has 3 amide bonds. The van der Waals surface area contributed by atoms with Gasteiger partial charge in [-0.3, -0.25) is 19.5 Å². The number of rotatable bonds is 4. The van der Waals surface area contributed by atoms with Gasteiger partial charge < -0.3 is 14.7 Å². The van der Waals surface area contributed by atoms with Crippen LogP contribution in [0, 0.1) is 19.8 Å². The summed E-state index contributed by atoms with van der Waals surface area (Å²) < 4.78 is 0. The highest BCUT2D eigenvalue weighted by molar-refractivity contribution is 5.88. The third kappa shape index (κ3) is 3.45. The first-order valence-electron chi connectivity index (χ1n) is 9.06. The summed E-state index contributed by atoms with van der Waals surface area (Å²) >= 11 is 0. The summed E-state index contributed by atoms with van der Waals surface area (Å²) in [6.45, 7) is 4.83. The fourth-order valence-electron chi connectivity index (χ4n) is 3.84. The van der Waals surface area contributed by atoms with Crippen molar-refractivity contribution < 1.29 is 14.4 Å². The van der Waals surface area contributed by atoms with E-state index in [1.165, 1.54) is 4.90 Å². The molecule has 1 N–H and O–H groups in total. The first kappa shape index (κ1) is 18.4. The molecule has 8 nitrogen and oxygen atoms in total. The summed E-state index contributed by atoms with van der Waals surface area (Å²) in [6, 6.07) is -0.0827. The van der Waals surface area contributed by atoms with E-state index in [-0.39, 0.29) is 36.2 Å². The summed E-state index contributed by atoms with van der Waals surface area (Å²) in [5.41, 5.74) is 2.67. The maximum atomic E-state index is 12.9. The number of hydrogen-bond donors (Lipinski definition) is 1. The Kier molecular flexibility index (Phi) is 5.02. The quantitative estimate of drug-likeness (QED) is 0.824. The van der Waals surface area contributed by atoms with Gasteiger partial charge in [0, 0.05) is 44.5 Å². The van der Waals surface area contributed by atoms with Crippen LogP contribution in [-0.2, 0) is 20.8 Å². The molecule has 0 spiro atoms. The first-order valence-corrected chi connectivity index (χ1v) is 9.06. The molecule has 3 saturated heterocycles. The van der Waals surface area contributed by atoms with Gasteiger partial charge in [-0.2, -0.15) is 5.10 Å². The second-order valence-corrected chi connectivity index (χ2v) is 7.57. The van der Waals surface area contributed by atoms with Crippen molar-refractivity contribution in [1.82, 2.24) is 24.9 Å². The SMILES string of the molecule is Cc1n[nH]c(C)c1CC(=O)N1C[C@H]2CC[C@@H](C1)N(CC(=O)N(C)C)C2=O. The van der Waals surface area contributed by atoms with Crippen LogP contribution in [0.3, 0.4) is 0 Å². The van der Waals surface area contributed by atoms with Crippen molar-refractivity contribution in [3.8, 4) is 0 Å². The summed E-state index contributed by atoms with van der Waals surface area (Å²) in [7, 11) is 3.38. The zero-order valence-electron chi connectivity index (χ0n) is 15.9. The Morgan fingerprint density at radius 1 is 1.23 bits per heavy atom. The molecule has 1 aromatic rings. The third-order valence-electron chi connectivity index (χ3n) is 5.56. The Labute approximate surface area is 153 Å². The average molecular weight is 361 g/mol. The highest BCUT2D eigenvalue weighted by Crippen LogP contribution is 2.29. The number of nitrogens with zero attached hydrogens (tertiary/aromatic N) is 4. The zero-order chi connectivity index (χ0) is 19.0. The van der Waals surface area contributed by atoms with E-state index in [0.717, 1.165) is 29.8 Å². The van der Waals surface area contributed by atoms with Gasteiger partial charge >= 0.3 is 0 Å². The normalized spacial score (nSPS) is 22.5. The van der Waals surface area contributed by atoms with Gasteiger partial charge in [-0.15, -0.1) is 0 Å². The standard InChI is InChI=1S/C18H27N5O3/c1-11-15(12(2)20-19-11)7-16(24)22-8-13-5-6-14(9-22)23(18(13)26)10-17(25)21(3)4/h13-14H,5-10H2,1-4H3,(H,19,20)/t13-,14+/m1/s1. The van der Waals surface area contributed by atoms with Crippen molar-refractivity contribution in [3.05, 3.63) is 17.0 Å². The molecule has 2 atom stereocenters. The lowest BCUT2D eigenvalue weighted by Gasteiger charge is -2.35. The highest BCUT2D eigenvalue weighted by atomic mass is 16.2. The van der Waals surface area contributed by atoms with E-state index in [4.69, 9.17) is 0 Å². The average Bonchev–Trinajstić information content (AvgIpc) is 2.79. The van der Waals surface area contributed by atoms with Crippen molar-refractivity contribution in [3.63, 3.8) is 0 Å². The van der Waals surface area contributed by atoms with E-state index in [0.29, 0.717) is 19.5 Å². The van der Waals surface area contributed by atoms with Crippen molar-refractivity contribution in [2.45, 2.75) is 39.2 Å². The molecule has 0 saturated carbocycles. The van der Waals surface area contributed by atoms with Gasteiger partial charge in [-0.05, 0) is 26.7 Å². The van der Waals surface area contributed by atoms with Gasteiger partial charge in [0.15, 0.2) is 0 Å². The number of piperidine rings is 1. The van der Waals surface area contributed by atoms with Crippen LogP contribution in [0.1, 0.15) is 29.8 Å². The molecule has 0 aromatic carbocycles. The Balaban J connectivity index is 1.73. The molecule has 0 unspecified atom stereocenters. The van der Waals surface area contributed by atoms with Crippen molar-refractivity contribution in [2.24, 2.45) is 5.92 Å². The second kappa shape index (κ2) is 7.09. The maximum Gasteiger partial charge on any atom is 0.241 e. The Hall–Kier alpha value is -2.38. The van der Waals surface area contributed by atoms with Gasteiger partial charge in [0.2, 0.25) is 17.7 Å². The van der Waals surface area contributed by atoms with Crippen LogP contribution < -0.4 is 0 Å². The lowest BCUT2D eigenvalue weighted by molar-refractivity contribution is -0.145. The molecule has 2 bridgehead atoms. The Morgan fingerprint density at radius 2 is 1.96 bits per heavy atom. The second-order valence-electron chi connectivity index (χ2n) is 7.57. The molecular formula is C18H27N5O3. The lowest BCUT2D eigenvalue weighted by atomic mass is 9.94. The molecule has 8 heteroatoms. The monoisotopic (exact) mass is 361 g/mol. The van der Waals surface area contributed by atoms with Crippen LogP contribution in [0.25, 0.3) is 0 Å². The molecule has 142 valence electrons. The minimum Gasteiger partial charge on any atom is -0.347 e. The number of nitrogens with one attached hydrogen (secondary N) is 1. The van der Waals surface area contributed by atoms with E-state index < -0.39 is 0 Å². The van der Waals surface area contributed by atoms with Crippen LogP contribution in [0.15, 0.2) is 0 Å². The smallest absolute Gasteiger partial charge is 0.241 e. The van der Waals surface area contributed by atoms with Gasteiger partial charge in [0.05, 0.1) is 18.0 Å². The molecule has 26 heavy (non-hydrogen) atoms. The number of aromatic nitrogens is 2. The summed E-state index contributed by atoms with van der Waals surface area (Å²) in [5, 5.41) is 7.06. The van der Waals surface area contributed by atoms with Crippen LogP contribution in [0.5, 0.6) is 0 Å². The molecule has 4 heterocycles. The molecule has 3 fully saturated rings. The number of H-pyrrole nitrogens is 1. The van der Waals surface area contributed by atoms with Gasteiger partial charge in [0.25, 0.3) is 0 Å². The predicted molar refractivity (Wildman–Crippen MR) is 95.3 cm³/mol. The minimum absolute atomic E-state index is 0.00224. The number of carbonyl (C=O) groups is 3. The van der Waals surface area contributed by atoms with E-state index in [2.05, 4.69) is 10.2 Å². The largest absolute Gasteiger partial charge is 0.347 e. The van der Waals surface area contributed by atoms with E-state index in [1.807, 2.05) is 13.8 Å². The molecular weight excluding hydrogens is 334 g/mol. The van der Waals surface area contributed by atoms with E-state index >= 15 is 0 Å². The van der Waals surface area contributed by atoms with Crippen molar-refractivity contribution in [1.29, 1.82) is 0 Å². The number of aryl methyl sites for hydroxylation is 2. The minimum atomic E-state index is -0.209. The summed E-state index contributed by atoms with van der Waals surface area (Å²) in [4.78, 5) is 42.7. The molecule has 4 rings (SSSR count). The number of amides is 3. The fourth-order valence-corrected chi connectivity index (χ4v) is 3.84. The van der Waals surface area contributed by atoms with Crippen molar-refractivity contribution in [2.75, 3.05) is 33.7 Å². The van der Waals surface area contributed by atoms with Crippen LogP contribution >= 0.6 is 0 Å². The van der Waals surface area contributed by atoms with Crippen LogP contribution in [0.4, 0.5) is 0 Å². The van der Waals surface area contributed by atoms with Crippen LogP contribution in [-0.4, -0.2) is 82.4 Å². The number of carbonyl (C=O) groups excluding carboxylic acids is 3. The van der Waals surface area contributed by atoms with Gasteiger partial charge in [-0.1, -0.05) is 0 Å². The summed E-state index contributed by atoms with van der Waals surface area (Å²) in [5.74, 6) is -0.280. The molecule has 0 aliphatic carbocycles. The van der Waals surface area contributed by atoms with Crippen LogP contribution in [0.2, 0.25) is 0 Å². The molecule has 1 aromatic heterocycles. The molecule has 0 radical (unpaired) electrons. The van der Waals surface area contributed by atoms with E-state index in [9.17, 15) is 14.4 Å². The number of likely N-dealkylation sites (N-methyl/N-ethyl adjacent to an activating group) is 1. The lowest BCUT2D eigenvalue weighted by Crippen LogP contribution is -2.51. The first-order chi connectivity index (χ1) is 12.3. The molecule has 3 aliphatic heterocycles. The van der Waals surface area contributed by atoms with Gasteiger partial charge in [-0.25, -0.2) is 0 Å². The fraction of sp³-hybridized carbons (Fsp3) is 0.667. The van der Waals surface area contributed by atoms with E-state index in [1.54, 1.807) is 23.9 Å². The maximum absolute atomic E-state index is 12.9. The molecule has 3 aliphatic rings. The third-order valence-corrected chi connectivity index (χ3v) is 5.56. The number of aromatic amines is 1. The Bertz CT molecular complexity index is 707. The topological polar surface area (TPSA) is 89.6 Å².